The van der Waals surface area contributed by atoms with Gasteiger partial charge in [0.1, 0.15) is 0 Å². The molecule has 0 atom stereocenters. The van der Waals surface area contributed by atoms with Crippen LogP contribution in [0.25, 0.3) is 11.1 Å². The van der Waals surface area contributed by atoms with Crippen LogP contribution in [0.4, 0.5) is 35.2 Å². The highest BCUT2D eigenvalue weighted by Crippen LogP contribution is 2.47. The molecule has 3 aliphatic rings. The number of aryl methyl sites for hydroxylation is 1. The Morgan fingerprint density at radius 1 is 1.10 bits per heavy atom. The van der Waals surface area contributed by atoms with Crippen molar-refractivity contribution in [1.29, 1.82) is 0 Å². The third-order valence-corrected chi connectivity index (χ3v) is 7.92. The van der Waals surface area contributed by atoms with E-state index in [0.29, 0.717) is 62.0 Å². The molecule has 208 valence electrons. The van der Waals surface area contributed by atoms with Gasteiger partial charge in [0, 0.05) is 76.4 Å². The number of fused-ring (bicyclic) bond motifs is 2. The smallest absolute Gasteiger partial charge is 0.417 e. The maximum Gasteiger partial charge on any atom is 0.417 e. The largest absolute Gasteiger partial charge is 0.465 e. The molecule has 6 rings (SSSR count). The fourth-order valence-electron chi connectivity index (χ4n) is 5.88. The minimum atomic E-state index is -4.59. The van der Waals surface area contributed by atoms with E-state index in [-0.39, 0.29) is 18.2 Å². The highest BCUT2D eigenvalue weighted by Gasteiger charge is 2.39. The summed E-state index contributed by atoms with van der Waals surface area (Å²) in [7, 11) is 3.53. The number of carboxylic acid groups (broad SMARTS) is 1. The van der Waals surface area contributed by atoms with Crippen molar-refractivity contribution in [3.63, 3.8) is 0 Å². The molecule has 39 heavy (non-hydrogen) atoms. The van der Waals surface area contributed by atoms with Crippen LogP contribution < -0.4 is 9.80 Å². The predicted octanol–water partition coefficient (Wildman–Crippen LogP) is 4.28. The van der Waals surface area contributed by atoms with Gasteiger partial charge in [-0.1, -0.05) is 0 Å². The molecular formula is C26H30F3N7O3. The summed E-state index contributed by atoms with van der Waals surface area (Å²) in [6.07, 6.45) is -0.550. The fraction of sp³-hybridized carbons (Fsp3) is 0.500. The molecule has 0 spiro atoms. The van der Waals surface area contributed by atoms with E-state index in [1.54, 1.807) is 19.3 Å². The van der Waals surface area contributed by atoms with Gasteiger partial charge < -0.3 is 24.5 Å². The first kappa shape index (κ1) is 25.5. The van der Waals surface area contributed by atoms with Crippen LogP contribution >= 0.6 is 0 Å². The Morgan fingerprint density at radius 3 is 2.54 bits per heavy atom. The van der Waals surface area contributed by atoms with E-state index in [4.69, 9.17) is 9.84 Å². The van der Waals surface area contributed by atoms with E-state index in [0.717, 1.165) is 24.1 Å². The van der Waals surface area contributed by atoms with Gasteiger partial charge in [-0.25, -0.2) is 4.79 Å². The SMILES string of the molecule is CN1CCN(c2nn(C3CCOCC3)c3c2CN(C(=O)O)CC3)c2cc(C(F)(F)F)c(-c3cnn(C)c3)cc21. The van der Waals surface area contributed by atoms with Crippen molar-refractivity contribution < 1.29 is 27.8 Å². The van der Waals surface area contributed by atoms with Crippen molar-refractivity contribution in [1.82, 2.24) is 24.5 Å². The van der Waals surface area contributed by atoms with E-state index >= 15 is 0 Å². The van der Waals surface area contributed by atoms with Crippen molar-refractivity contribution in [2.45, 2.75) is 38.0 Å². The van der Waals surface area contributed by atoms with Crippen molar-refractivity contribution in [3.8, 4) is 11.1 Å². The molecule has 2 aromatic heterocycles. The zero-order valence-corrected chi connectivity index (χ0v) is 21.8. The van der Waals surface area contributed by atoms with Crippen LogP contribution in [0, 0.1) is 0 Å². The van der Waals surface area contributed by atoms with Gasteiger partial charge in [0.15, 0.2) is 5.82 Å². The lowest BCUT2D eigenvalue weighted by Crippen LogP contribution is -2.39. The number of ether oxygens (including phenoxy) is 1. The summed E-state index contributed by atoms with van der Waals surface area (Å²) in [5, 5.41) is 18.8. The fourth-order valence-corrected chi connectivity index (χ4v) is 5.88. The Balaban J connectivity index is 1.51. The summed E-state index contributed by atoms with van der Waals surface area (Å²) in [6.45, 7) is 2.69. The molecule has 10 nitrogen and oxygen atoms in total. The molecule has 5 heterocycles. The molecule has 3 aromatic rings. The third-order valence-electron chi connectivity index (χ3n) is 7.92. The molecule has 0 saturated carbocycles. The molecule has 0 radical (unpaired) electrons. The van der Waals surface area contributed by atoms with Gasteiger partial charge in [-0.3, -0.25) is 9.36 Å². The van der Waals surface area contributed by atoms with Crippen LogP contribution in [0.3, 0.4) is 0 Å². The summed E-state index contributed by atoms with van der Waals surface area (Å²) in [4.78, 5) is 17.0. The Labute approximate surface area is 223 Å². The van der Waals surface area contributed by atoms with Gasteiger partial charge in [0.25, 0.3) is 0 Å². The number of hydrogen-bond acceptors (Lipinski definition) is 6. The normalized spacial score (nSPS) is 18.3. The first-order valence-electron chi connectivity index (χ1n) is 13.0. The Kier molecular flexibility index (Phi) is 6.20. The van der Waals surface area contributed by atoms with Crippen LogP contribution in [0.2, 0.25) is 0 Å². The second kappa shape index (κ2) is 9.47. The molecule has 13 heteroatoms. The lowest BCUT2D eigenvalue weighted by molar-refractivity contribution is -0.137. The molecular weight excluding hydrogens is 515 g/mol. The topological polar surface area (TPSA) is 91.9 Å². The third kappa shape index (κ3) is 4.48. The van der Waals surface area contributed by atoms with Gasteiger partial charge in [-0.2, -0.15) is 23.4 Å². The lowest BCUT2D eigenvalue weighted by Gasteiger charge is -2.38. The molecule has 0 aliphatic carbocycles. The molecule has 1 amide bonds. The van der Waals surface area contributed by atoms with Crippen LogP contribution in [0.1, 0.15) is 35.7 Å². The van der Waals surface area contributed by atoms with E-state index in [9.17, 15) is 23.1 Å². The number of rotatable bonds is 3. The summed E-state index contributed by atoms with van der Waals surface area (Å²) < 4.78 is 52.3. The monoisotopic (exact) mass is 545 g/mol. The number of anilines is 3. The average Bonchev–Trinajstić information content (AvgIpc) is 3.52. The number of likely N-dealkylation sites (N-methyl/N-ethyl adjacent to an activating group) is 1. The number of benzene rings is 1. The second-order valence-corrected chi connectivity index (χ2v) is 10.4. The first-order chi connectivity index (χ1) is 18.6. The van der Waals surface area contributed by atoms with Gasteiger partial charge >= 0.3 is 12.3 Å². The van der Waals surface area contributed by atoms with E-state index in [1.807, 2.05) is 21.5 Å². The highest BCUT2D eigenvalue weighted by atomic mass is 19.4. The standard InChI is InChI=1S/C26H30F3N7O3/c1-32-7-8-35(23-12-20(26(27,28)29)18(11-22(23)32)16-13-30-33(2)14-16)24-19-15-34(25(37)38)6-3-21(19)36(31-24)17-4-9-39-10-5-17/h11-14,17H,3-10,15H2,1-2H3,(H,37,38). The summed E-state index contributed by atoms with van der Waals surface area (Å²) in [5.74, 6) is 0.527. The van der Waals surface area contributed by atoms with Crippen molar-refractivity contribution in [2.75, 3.05) is 49.7 Å². The van der Waals surface area contributed by atoms with Gasteiger partial charge in [-0.15, -0.1) is 0 Å². The molecule has 0 unspecified atom stereocenters. The number of aromatic nitrogens is 4. The van der Waals surface area contributed by atoms with Gasteiger partial charge in [0.2, 0.25) is 0 Å². The van der Waals surface area contributed by atoms with Crippen LogP contribution in [-0.4, -0.2) is 75.6 Å². The Hall–Kier alpha value is -3.74. The first-order valence-corrected chi connectivity index (χ1v) is 13.0. The maximum absolute atomic E-state index is 14.4. The van der Waals surface area contributed by atoms with E-state index in [1.165, 1.54) is 21.8 Å². The highest BCUT2D eigenvalue weighted by molar-refractivity contribution is 5.86. The van der Waals surface area contributed by atoms with E-state index in [2.05, 4.69) is 5.10 Å². The molecule has 1 fully saturated rings. The summed E-state index contributed by atoms with van der Waals surface area (Å²) in [5.41, 5.74) is 2.46. The van der Waals surface area contributed by atoms with Crippen molar-refractivity contribution in [3.05, 3.63) is 41.3 Å². The predicted molar refractivity (Wildman–Crippen MR) is 137 cm³/mol. The number of nitrogens with zero attached hydrogens (tertiary/aromatic N) is 7. The zero-order valence-electron chi connectivity index (χ0n) is 21.8. The average molecular weight is 546 g/mol. The number of carbonyl (C=O) groups is 1. The molecule has 1 N–H and O–H groups in total. The maximum atomic E-state index is 14.4. The Morgan fingerprint density at radius 2 is 1.87 bits per heavy atom. The van der Waals surface area contributed by atoms with Gasteiger partial charge in [-0.05, 0) is 30.5 Å². The number of hydrogen-bond donors (Lipinski definition) is 1. The van der Waals surface area contributed by atoms with Crippen LogP contribution in [-0.2, 0) is 30.9 Å². The van der Waals surface area contributed by atoms with Crippen LogP contribution in [0.15, 0.2) is 24.5 Å². The Bertz CT molecular complexity index is 1410. The quantitative estimate of drug-likeness (QED) is 0.526. The summed E-state index contributed by atoms with van der Waals surface area (Å²) in [6, 6.07) is 2.88. The van der Waals surface area contributed by atoms with Crippen molar-refractivity contribution >= 4 is 23.3 Å². The van der Waals surface area contributed by atoms with E-state index < -0.39 is 17.8 Å². The van der Waals surface area contributed by atoms with Gasteiger partial charge in [0.05, 0.1) is 35.7 Å². The minimum Gasteiger partial charge on any atom is -0.465 e. The molecule has 0 bridgehead atoms. The zero-order chi connectivity index (χ0) is 27.5. The van der Waals surface area contributed by atoms with Crippen LogP contribution in [0.5, 0.6) is 0 Å². The lowest BCUT2D eigenvalue weighted by atomic mass is 9.97. The minimum absolute atomic E-state index is 0.0647. The number of amides is 1. The molecule has 3 aliphatic heterocycles. The number of alkyl halides is 3. The van der Waals surface area contributed by atoms with Crippen molar-refractivity contribution in [2.24, 2.45) is 7.05 Å². The molecule has 1 aromatic carbocycles. The summed E-state index contributed by atoms with van der Waals surface area (Å²) >= 11 is 0. The second-order valence-electron chi connectivity index (χ2n) is 10.4. The number of halogens is 3. The molecule has 1 saturated heterocycles.